The molecule has 3 aromatic carbocycles. The second-order valence-corrected chi connectivity index (χ2v) is 24.4. The van der Waals surface area contributed by atoms with Crippen LogP contribution < -0.4 is 15.0 Å². The van der Waals surface area contributed by atoms with Crippen LogP contribution in [0.15, 0.2) is 107 Å². The molecule has 6 aliphatic heterocycles. The number of amides is 1. The number of likely N-dealkylation sites (tertiary alicyclic amines) is 2. The minimum Gasteiger partial charge on any atom is -0.507 e. The number of carbonyl (C=O) groups is 1. The number of oxime groups is 1. The van der Waals surface area contributed by atoms with Crippen molar-refractivity contribution < 1.29 is 33.5 Å². The quantitative estimate of drug-likeness (QED) is 0.0849. The number of carbonyl (C=O) groups excluding carboxylic acids is 1. The number of benzene rings is 3. The third kappa shape index (κ3) is 9.05. The lowest BCUT2D eigenvalue weighted by molar-refractivity contribution is -0.216. The van der Waals surface area contributed by atoms with Crippen LogP contribution in [0.5, 0.6) is 11.6 Å². The number of piperidine rings is 2. The van der Waals surface area contributed by atoms with Crippen molar-refractivity contribution in [1.29, 1.82) is 0 Å². The molecule has 5 saturated heterocycles. The second kappa shape index (κ2) is 20.4. The number of halogens is 2. The Morgan fingerprint density at radius 2 is 1.60 bits per heavy atom. The summed E-state index contributed by atoms with van der Waals surface area (Å²) in [5, 5.41) is 43.6. The zero-order valence-electron chi connectivity index (χ0n) is 45.6. The van der Waals surface area contributed by atoms with Crippen molar-refractivity contribution in [2.24, 2.45) is 11.1 Å². The standard InChI is InChI=1S/C61H66ClFN12O6/c1-34(2)52(58(78)74-33-42(76)24-49(74)56-67-60(3,81-70-56)38-14-12-36(13-15-38)44-8-4-6-10-47(44)63)54-53(62)57(71-80-54)79-43-18-16-39(17-19-43)72-22-20-35(21-23-72)37-28-65-59(66-29-37)61-26-40-31-73(32-41(27-61)75(40)61)50-30-64-55-46(50)25-48(68-69-55)45-9-5-7-11-51(45)77/h4-15,25,28-30,34-35,39-43,49,52,76-77H,16-24,26-27,31-33H2,1-3H3,(H,64,69)(H,67,70)/t39-,40?,41?,42-,43+,49+,52-,60-,61?/m1/s1. The van der Waals surface area contributed by atoms with Gasteiger partial charge < -0.3 is 49.3 Å². The van der Waals surface area contributed by atoms with E-state index in [1.165, 1.54) is 11.6 Å². The summed E-state index contributed by atoms with van der Waals surface area (Å²) in [7, 11) is 0. The number of hydrogen-bond acceptors (Lipinski definition) is 16. The molecule has 2 unspecified atom stereocenters. The fourth-order valence-corrected chi connectivity index (χ4v) is 14.8. The molecule has 81 heavy (non-hydrogen) atoms. The van der Waals surface area contributed by atoms with Gasteiger partial charge in [-0.2, -0.15) is 0 Å². The molecule has 20 heteroatoms. The number of aliphatic hydroxyl groups excluding tert-OH is 1. The molecule has 0 radical (unpaired) electrons. The first-order valence-electron chi connectivity index (χ1n) is 28.7. The normalized spacial score (nSPS) is 28.0. The highest BCUT2D eigenvalue weighted by atomic mass is 35.5. The van der Waals surface area contributed by atoms with Crippen LogP contribution in [0.4, 0.5) is 10.1 Å². The molecule has 1 saturated carbocycles. The van der Waals surface area contributed by atoms with E-state index < -0.39 is 23.8 Å². The highest BCUT2D eigenvalue weighted by Gasteiger charge is 2.67. The largest absolute Gasteiger partial charge is 0.507 e. The summed E-state index contributed by atoms with van der Waals surface area (Å²) < 4.78 is 26.9. The van der Waals surface area contributed by atoms with Crippen LogP contribution in [0.25, 0.3) is 33.4 Å². The molecule has 4 aromatic heterocycles. The molecule has 1 amide bonds. The van der Waals surface area contributed by atoms with Crippen molar-refractivity contribution in [2.45, 2.75) is 138 Å². The number of H-pyrrole nitrogens is 1. The van der Waals surface area contributed by atoms with Gasteiger partial charge >= 0.3 is 0 Å². The number of phenols is 1. The zero-order chi connectivity index (χ0) is 55.3. The van der Waals surface area contributed by atoms with Crippen LogP contribution in [0.3, 0.4) is 0 Å². The van der Waals surface area contributed by atoms with Crippen molar-refractivity contribution in [1.82, 2.24) is 50.3 Å². The van der Waals surface area contributed by atoms with E-state index in [1.54, 1.807) is 29.2 Å². The Kier molecular flexibility index (Phi) is 13.0. The Labute approximate surface area is 473 Å². The molecule has 6 atom stereocenters. The molecule has 420 valence electrons. The maximum absolute atomic E-state index is 14.6. The average molecular weight is 1120 g/mol. The van der Waals surface area contributed by atoms with E-state index in [2.05, 4.69) is 57.9 Å². The van der Waals surface area contributed by atoms with Gasteiger partial charge in [0.2, 0.25) is 11.6 Å². The molecule has 1 aliphatic carbocycles. The number of rotatable bonds is 13. The summed E-state index contributed by atoms with van der Waals surface area (Å²) in [6.07, 6.45) is 13.6. The third-order valence-electron chi connectivity index (χ3n) is 18.8. The van der Waals surface area contributed by atoms with Crippen molar-refractivity contribution in [3.63, 3.8) is 0 Å². The Balaban J connectivity index is 0.552. The van der Waals surface area contributed by atoms with Crippen LogP contribution in [0, 0.1) is 11.7 Å². The fourth-order valence-electron chi connectivity index (χ4n) is 14.6. The number of aromatic hydroxyl groups is 1. The summed E-state index contributed by atoms with van der Waals surface area (Å²) in [5.74, 6) is 0.837. The SMILES string of the molecule is CC(C)[C@@H](C(=O)N1C[C@H](O)C[C@H]1C1=NO[C@](C)(c2ccc(-c3ccccc3F)cc2)N1)c1onc(O[C@H]2CC[C@@H](N3CCC(c4cnc(C56CC7CN(c8c[nH]c9nnc(-c%10ccccc%10O)cc89)CC(C5)N76)nc4)CC3)CC2)c1Cl. The molecule has 18 nitrogen and oxygen atoms in total. The summed E-state index contributed by atoms with van der Waals surface area (Å²) in [6.45, 7) is 9.70. The van der Waals surface area contributed by atoms with Gasteiger partial charge in [0.05, 0.1) is 29.1 Å². The van der Waals surface area contributed by atoms with E-state index in [0.29, 0.717) is 46.7 Å². The van der Waals surface area contributed by atoms with Gasteiger partial charge in [-0.15, -0.1) is 10.2 Å². The number of ether oxygens (including phenoxy) is 1. The number of hydrogen-bond donors (Lipinski definition) is 4. The molecule has 6 fully saturated rings. The van der Waals surface area contributed by atoms with Crippen molar-refractivity contribution in [2.75, 3.05) is 37.6 Å². The molecule has 4 N–H and O–H groups in total. The molecule has 10 heterocycles. The first-order chi connectivity index (χ1) is 39.3. The third-order valence-corrected chi connectivity index (χ3v) is 19.1. The first-order valence-corrected chi connectivity index (χ1v) is 29.1. The Morgan fingerprint density at radius 1 is 0.889 bits per heavy atom. The van der Waals surface area contributed by atoms with Crippen molar-refractivity contribution in [3.8, 4) is 34.0 Å². The monoisotopic (exact) mass is 1120 g/mol. The lowest BCUT2D eigenvalue weighted by atomic mass is 9.62. The van der Waals surface area contributed by atoms with E-state index in [1.807, 2.05) is 75.5 Å². The maximum atomic E-state index is 14.6. The number of β-amino-alcohol motifs (C(OH)–C–C–N with tert-alkyl or cyclic N) is 1. The molecule has 7 aromatic rings. The minimum atomic E-state index is -1.06. The number of nitrogens with zero attached hydrogens (tertiary/aromatic N) is 10. The fraction of sp³-hybridized carbons (Fsp3) is 0.459. The maximum Gasteiger partial charge on any atom is 0.273 e. The van der Waals surface area contributed by atoms with Gasteiger partial charge in [-0.05, 0) is 117 Å². The van der Waals surface area contributed by atoms with E-state index in [4.69, 9.17) is 35.7 Å². The Morgan fingerprint density at radius 3 is 2.32 bits per heavy atom. The minimum absolute atomic E-state index is 0.0645. The van der Waals surface area contributed by atoms with Crippen molar-refractivity contribution >= 4 is 40.1 Å². The van der Waals surface area contributed by atoms with Crippen LogP contribution in [-0.4, -0.2) is 136 Å². The number of aliphatic hydroxyl groups is 1. The summed E-state index contributed by atoms with van der Waals surface area (Å²) in [4.78, 5) is 43.5. The van der Waals surface area contributed by atoms with E-state index in [0.717, 1.165) is 111 Å². The summed E-state index contributed by atoms with van der Waals surface area (Å²) >= 11 is 7.02. The number of fused-ring (bicyclic) bond motifs is 1. The average Bonchev–Trinajstić information content (AvgIpc) is 3.91. The van der Waals surface area contributed by atoms with Gasteiger partial charge in [-0.3, -0.25) is 9.69 Å². The van der Waals surface area contributed by atoms with Gasteiger partial charge in [-0.25, -0.2) is 14.4 Å². The number of para-hydroxylation sites is 1. The van der Waals surface area contributed by atoms with E-state index in [-0.39, 0.29) is 64.7 Å². The molecule has 14 rings (SSSR count). The van der Waals surface area contributed by atoms with Crippen molar-refractivity contribution in [3.05, 3.63) is 131 Å². The van der Waals surface area contributed by atoms with Gasteiger partial charge in [0.1, 0.15) is 34.4 Å². The number of aromatic nitrogens is 6. The molecule has 7 aliphatic rings. The van der Waals surface area contributed by atoms with Crippen LogP contribution in [0.1, 0.15) is 113 Å². The summed E-state index contributed by atoms with van der Waals surface area (Å²) in [5.41, 5.74) is 5.29. The van der Waals surface area contributed by atoms with Crippen LogP contribution >= 0.6 is 11.6 Å². The highest BCUT2D eigenvalue weighted by Crippen LogP contribution is 2.59. The van der Waals surface area contributed by atoms with Crippen LogP contribution in [-0.2, 0) is 20.9 Å². The summed E-state index contributed by atoms with van der Waals surface area (Å²) in [6, 6.07) is 24.0. The number of aromatic amines is 1. The van der Waals surface area contributed by atoms with E-state index in [9.17, 15) is 19.4 Å². The Bertz CT molecular complexity index is 3510. The van der Waals surface area contributed by atoms with E-state index >= 15 is 0 Å². The highest BCUT2D eigenvalue weighted by molar-refractivity contribution is 6.32. The lowest BCUT2D eigenvalue weighted by Crippen LogP contribution is -2.82. The predicted molar refractivity (Wildman–Crippen MR) is 302 cm³/mol. The molecule has 0 spiro atoms. The topological polar surface area (TPSA) is 207 Å². The lowest BCUT2D eigenvalue weighted by Gasteiger charge is -2.72. The number of anilines is 1. The number of nitrogens with one attached hydrogen (secondary N) is 2. The zero-order valence-corrected chi connectivity index (χ0v) is 46.3. The first kappa shape index (κ1) is 51.9. The van der Waals surface area contributed by atoms with Gasteiger partial charge in [-0.1, -0.05) is 85.2 Å². The molecular weight excluding hydrogens is 1050 g/mol. The molecular formula is C61H66ClFN12O6. The number of amidine groups is 1. The van der Waals surface area contributed by atoms with Gasteiger partial charge in [0.25, 0.3) is 5.88 Å². The predicted octanol–water partition coefficient (Wildman–Crippen LogP) is 9.21. The van der Waals surface area contributed by atoms with Gasteiger partial charge in [0, 0.05) is 91.8 Å². The second-order valence-electron chi connectivity index (χ2n) is 24.0. The number of piperazine rings is 1. The smallest absolute Gasteiger partial charge is 0.273 e. The molecule has 0 bridgehead atoms. The van der Waals surface area contributed by atoms with Gasteiger partial charge in [0.15, 0.2) is 17.2 Å². The number of phenolic OH excluding ortho intramolecular Hbond substituents is 1. The van der Waals surface area contributed by atoms with Crippen LogP contribution in [0.2, 0.25) is 5.02 Å². The Hall–Kier alpha value is -7.19.